The first-order valence-corrected chi connectivity index (χ1v) is 8.54. The van der Waals surface area contributed by atoms with Crippen LogP contribution in [0.2, 0.25) is 0 Å². The second kappa shape index (κ2) is 7.14. The Bertz CT molecular complexity index is 715. The van der Waals surface area contributed by atoms with Crippen LogP contribution in [0.5, 0.6) is 0 Å². The van der Waals surface area contributed by atoms with Crippen LogP contribution in [0.25, 0.3) is 0 Å². The molecule has 1 aliphatic heterocycles. The van der Waals surface area contributed by atoms with Crippen LogP contribution in [0.4, 0.5) is 0 Å². The first-order chi connectivity index (χ1) is 11.6. The fourth-order valence-electron chi connectivity index (χ4n) is 3.71. The molecular formula is C20H24N2O2. The van der Waals surface area contributed by atoms with E-state index in [0.717, 1.165) is 30.6 Å². The largest absolute Gasteiger partial charge is 0.480 e. The van der Waals surface area contributed by atoms with Crippen molar-refractivity contribution in [3.63, 3.8) is 0 Å². The number of hydrogen-bond acceptors (Lipinski definition) is 3. The average molecular weight is 324 g/mol. The third kappa shape index (κ3) is 3.34. The van der Waals surface area contributed by atoms with Crippen molar-refractivity contribution >= 4 is 5.97 Å². The topological polar surface area (TPSA) is 53.4 Å². The zero-order chi connectivity index (χ0) is 17.1. The Morgan fingerprint density at radius 2 is 2.08 bits per heavy atom. The highest BCUT2D eigenvalue weighted by Gasteiger charge is 2.36. The van der Waals surface area contributed by atoms with Crippen LogP contribution < -0.4 is 0 Å². The molecule has 2 heterocycles. The molecule has 0 saturated carbocycles. The summed E-state index contributed by atoms with van der Waals surface area (Å²) >= 11 is 0. The Morgan fingerprint density at radius 1 is 1.25 bits per heavy atom. The average Bonchev–Trinajstić information content (AvgIpc) is 2.58. The van der Waals surface area contributed by atoms with E-state index in [9.17, 15) is 9.90 Å². The number of likely N-dealkylation sites (tertiary alicyclic amines) is 1. The normalized spacial score (nSPS) is 19.8. The molecule has 0 bridgehead atoms. The molecule has 1 aliphatic rings. The van der Waals surface area contributed by atoms with Gasteiger partial charge in [-0.1, -0.05) is 36.2 Å². The van der Waals surface area contributed by atoms with Crippen LogP contribution in [0.1, 0.15) is 47.7 Å². The predicted molar refractivity (Wildman–Crippen MR) is 94.0 cm³/mol. The maximum absolute atomic E-state index is 11.8. The van der Waals surface area contributed by atoms with Crippen LogP contribution in [-0.4, -0.2) is 33.5 Å². The van der Waals surface area contributed by atoms with Gasteiger partial charge < -0.3 is 5.11 Å². The smallest absolute Gasteiger partial charge is 0.320 e. The molecule has 0 spiro atoms. The van der Waals surface area contributed by atoms with E-state index < -0.39 is 12.0 Å². The fraction of sp³-hybridized carbons (Fsp3) is 0.400. The van der Waals surface area contributed by atoms with E-state index in [1.807, 2.05) is 18.2 Å². The van der Waals surface area contributed by atoms with Crippen molar-refractivity contribution < 1.29 is 9.90 Å². The van der Waals surface area contributed by atoms with Crippen molar-refractivity contribution in [2.24, 2.45) is 0 Å². The molecule has 1 fully saturated rings. The van der Waals surface area contributed by atoms with Gasteiger partial charge in [-0.05, 0) is 56.5 Å². The van der Waals surface area contributed by atoms with Gasteiger partial charge in [-0.2, -0.15) is 0 Å². The number of benzene rings is 1. The highest BCUT2D eigenvalue weighted by atomic mass is 16.4. The number of aromatic nitrogens is 1. The number of hydrogen-bond donors (Lipinski definition) is 1. The number of aliphatic carboxylic acids is 1. The summed E-state index contributed by atoms with van der Waals surface area (Å²) in [5.41, 5.74) is 4.45. The monoisotopic (exact) mass is 324 g/mol. The number of carbonyl (C=O) groups is 1. The summed E-state index contributed by atoms with van der Waals surface area (Å²) < 4.78 is 0. The van der Waals surface area contributed by atoms with E-state index in [2.05, 4.69) is 41.9 Å². The molecule has 4 heteroatoms. The zero-order valence-electron chi connectivity index (χ0n) is 14.3. The van der Waals surface area contributed by atoms with Gasteiger partial charge in [-0.25, -0.2) is 0 Å². The van der Waals surface area contributed by atoms with E-state index in [4.69, 9.17) is 0 Å². The van der Waals surface area contributed by atoms with Gasteiger partial charge in [-0.15, -0.1) is 0 Å². The van der Waals surface area contributed by atoms with Crippen LogP contribution in [-0.2, 0) is 4.79 Å². The minimum absolute atomic E-state index is 0.117. The zero-order valence-corrected chi connectivity index (χ0v) is 14.3. The van der Waals surface area contributed by atoms with Gasteiger partial charge in [-0.3, -0.25) is 14.7 Å². The quantitative estimate of drug-likeness (QED) is 0.931. The lowest BCUT2D eigenvalue weighted by Gasteiger charge is -2.39. The molecule has 3 rings (SSSR count). The number of carboxylic acids is 1. The number of carboxylic acid groups (broad SMARTS) is 1. The number of aryl methyl sites for hydroxylation is 2. The minimum Gasteiger partial charge on any atom is -0.480 e. The highest BCUT2D eigenvalue weighted by Crippen LogP contribution is 2.35. The predicted octanol–water partition coefficient (Wildman–Crippen LogP) is 3.73. The van der Waals surface area contributed by atoms with Crippen LogP contribution >= 0.6 is 0 Å². The molecule has 2 atom stereocenters. The van der Waals surface area contributed by atoms with E-state index in [1.54, 1.807) is 6.20 Å². The van der Waals surface area contributed by atoms with Gasteiger partial charge in [0.25, 0.3) is 0 Å². The lowest BCUT2D eigenvalue weighted by Crippen LogP contribution is -2.47. The van der Waals surface area contributed by atoms with E-state index in [0.29, 0.717) is 6.42 Å². The molecule has 126 valence electrons. The highest BCUT2D eigenvalue weighted by molar-refractivity contribution is 5.73. The molecule has 0 amide bonds. The molecule has 1 saturated heterocycles. The van der Waals surface area contributed by atoms with E-state index >= 15 is 0 Å². The van der Waals surface area contributed by atoms with Gasteiger partial charge in [0.1, 0.15) is 6.04 Å². The van der Waals surface area contributed by atoms with Gasteiger partial charge in [0.05, 0.1) is 11.7 Å². The summed E-state index contributed by atoms with van der Waals surface area (Å²) in [4.78, 5) is 18.5. The fourth-order valence-corrected chi connectivity index (χ4v) is 3.71. The third-order valence-electron chi connectivity index (χ3n) is 4.85. The molecule has 2 unspecified atom stereocenters. The molecule has 24 heavy (non-hydrogen) atoms. The summed E-state index contributed by atoms with van der Waals surface area (Å²) in [6, 6.07) is 11.7. The number of piperidine rings is 1. The maximum Gasteiger partial charge on any atom is 0.320 e. The third-order valence-corrected chi connectivity index (χ3v) is 4.85. The van der Waals surface area contributed by atoms with Crippen molar-refractivity contribution in [1.82, 2.24) is 9.88 Å². The molecule has 1 N–H and O–H groups in total. The molecule has 1 aromatic carbocycles. The van der Waals surface area contributed by atoms with Crippen molar-refractivity contribution in [3.8, 4) is 0 Å². The van der Waals surface area contributed by atoms with Crippen molar-refractivity contribution in [2.75, 3.05) is 6.54 Å². The summed E-state index contributed by atoms with van der Waals surface area (Å²) in [6.07, 6.45) is 4.47. The minimum atomic E-state index is -0.736. The van der Waals surface area contributed by atoms with Crippen LogP contribution in [0, 0.1) is 13.8 Å². The first-order valence-electron chi connectivity index (χ1n) is 8.54. The first kappa shape index (κ1) is 16.7. The number of rotatable bonds is 4. The summed E-state index contributed by atoms with van der Waals surface area (Å²) in [5.74, 6) is -0.736. The molecule has 4 nitrogen and oxygen atoms in total. The van der Waals surface area contributed by atoms with Gasteiger partial charge in [0, 0.05) is 6.20 Å². The summed E-state index contributed by atoms with van der Waals surface area (Å²) in [7, 11) is 0. The van der Waals surface area contributed by atoms with E-state index in [1.165, 1.54) is 11.1 Å². The standard InChI is InChI=1S/C20H24N2O2/c1-14-9-10-16(15(2)13-14)19(17-7-3-5-11-21-17)22-12-6-4-8-18(22)20(23)24/h3,5,7,9-11,13,18-19H,4,6,8,12H2,1-2H3,(H,23,24). The van der Waals surface area contributed by atoms with Gasteiger partial charge in [0.2, 0.25) is 0 Å². The van der Waals surface area contributed by atoms with Crippen molar-refractivity contribution in [3.05, 3.63) is 65.0 Å². The Kier molecular flexibility index (Phi) is 4.95. The van der Waals surface area contributed by atoms with Crippen LogP contribution in [0.3, 0.4) is 0 Å². The maximum atomic E-state index is 11.8. The Hall–Kier alpha value is -2.20. The molecular weight excluding hydrogens is 300 g/mol. The molecule has 1 aromatic heterocycles. The Labute approximate surface area is 143 Å². The van der Waals surface area contributed by atoms with Crippen molar-refractivity contribution in [2.45, 2.75) is 45.2 Å². The second-order valence-corrected chi connectivity index (χ2v) is 6.60. The van der Waals surface area contributed by atoms with Gasteiger partial charge >= 0.3 is 5.97 Å². The summed E-state index contributed by atoms with van der Waals surface area (Å²) in [6.45, 7) is 4.96. The lowest BCUT2D eigenvalue weighted by atomic mass is 9.91. The number of pyridine rings is 1. The Balaban J connectivity index is 2.10. The van der Waals surface area contributed by atoms with Gasteiger partial charge in [0.15, 0.2) is 0 Å². The van der Waals surface area contributed by atoms with Crippen LogP contribution in [0.15, 0.2) is 42.6 Å². The van der Waals surface area contributed by atoms with E-state index in [-0.39, 0.29) is 6.04 Å². The number of nitrogens with zero attached hydrogens (tertiary/aromatic N) is 2. The summed E-state index contributed by atoms with van der Waals surface area (Å²) in [5, 5.41) is 9.70. The van der Waals surface area contributed by atoms with Crippen molar-refractivity contribution in [1.29, 1.82) is 0 Å². The second-order valence-electron chi connectivity index (χ2n) is 6.60. The molecule has 0 radical (unpaired) electrons. The molecule has 0 aliphatic carbocycles. The lowest BCUT2D eigenvalue weighted by molar-refractivity contribution is -0.145. The SMILES string of the molecule is Cc1ccc(C(c2ccccn2)N2CCCCC2C(=O)O)c(C)c1. The Morgan fingerprint density at radius 3 is 2.75 bits per heavy atom. The molecule has 2 aromatic rings.